The topological polar surface area (TPSA) is 65.0 Å². The van der Waals surface area contributed by atoms with Gasteiger partial charge in [0.05, 0.1) is 0 Å². The van der Waals surface area contributed by atoms with Crippen molar-refractivity contribution in [2.24, 2.45) is 0 Å². The minimum absolute atomic E-state index is 0.217. The quantitative estimate of drug-likeness (QED) is 0.936. The second-order valence-electron chi connectivity index (χ2n) is 4.62. The van der Waals surface area contributed by atoms with Crippen LogP contribution in [-0.4, -0.2) is 25.0 Å². The Balaban J connectivity index is 1.95. The first-order valence-corrected chi connectivity index (χ1v) is 6.45. The van der Waals surface area contributed by atoms with E-state index in [1.807, 2.05) is 30.3 Å². The summed E-state index contributed by atoms with van der Waals surface area (Å²) < 4.78 is 15.8. The molecule has 1 heterocycles. The van der Waals surface area contributed by atoms with E-state index in [0.717, 1.165) is 16.9 Å². The highest BCUT2D eigenvalue weighted by Crippen LogP contribution is 2.41. The van der Waals surface area contributed by atoms with Crippen molar-refractivity contribution in [3.63, 3.8) is 0 Å². The van der Waals surface area contributed by atoms with E-state index in [2.05, 4.69) is 0 Å². The third-order valence-corrected chi connectivity index (χ3v) is 3.38. The molecule has 0 aromatic heterocycles. The van der Waals surface area contributed by atoms with E-state index in [9.17, 15) is 4.79 Å². The predicted octanol–water partition coefficient (Wildman–Crippen LogP) is 2.85. The van der Waals surface area contributed by atoms with Gasteiger partial charge in [-0.25, -0.2) is 4.79 Å². The van der Waals surface area contributed by atoms with Crippen molar-refractivity contribution >= 4 is 5.97 Å². The predicted molar refractivity (Wildman–Crippen MR) is 75.4 cm³/mol. The van der Waals surface area contributed by atoms with Crippen LogP contribution in [0.25, 0.3) is 11.1 Å². The average Bonchev–Trinajstić information content (AvgIpc) is 2.97. The van der Waals surface area contributed by atoms with Crippen LogP contribution in [0.3, 0.4) is 0 Å². The molecule has 0 saturated carbocycles. The lowest BCUT2D eigenvalue weighted by atomic mass is 10.0. The second-order valence-corrected chi connectivity index (χ2v) is 4.62. The first kappa shape index (κ1) is 13.5. The largest absolute Gasteiger partial charge is 0.479 e. The number of benzene rings is 2. The number of methoxy groups -OCH3 is 1. The Bertz CT molecular complexity index is 663. The van der Waals surface area contributed by atoms with Gasteiger partial charge in [0.25, 0.3) is 0 Å². The number of fused-ring (bicyclic) bond motifs is 1. The summed E-state index contributed by atoms with van der Waals surface area (Å²) in [6.07, 6.45) is -0.958. The smallest absolute Gasteiger partial charge is 0.337 e. The fraction of sp³-hybridized carbons (Fsp3) is 0.188. The van der Waals surface area contributed by atoms with Crippen LogP contribution in [0.5, 0.6) is 11.5 Å². The number of hydrogen-bond donors (Lipinski definition) is 1. The summed E-state index contributed by atoms with van der Waals surface area (Å²) in [5.41, 5.74) is 2.45. The third-order valence-electron chi connectivity index (χ3n) is 3.38. The first-order valence-electron chi connectivity index (χ1n) is 6.45. The number of rotatable bonds is 4. The van der Waals surface area contributed by atoms with Crippen molar-refractivity contribution in [2.75, 3.05) is 13.9 Å². The summed E-state index contributed by atoms with van der Waals surface area (Å²) in [6.45, 7) is 0.217. The molecule has 2 aromatic carbocycles. The number of hydrogen-bond acceptors (Lipinski definition) is 4. The maximum atomic E-state index is 11.1. The molecule has 0 aliphatic carbocycles. The molecule has 3 rings (SSSR count). The van der Waals surface area contributed by atoms with E-state index >= 15 is 0 Å². The van der Waals surface area contributed by atoms with Crippen molar-refractivity contribution in [1.29, 1.82) is 0 Å². The zero-order valence-corrected chi connectivity index (χ0v) is 11.4. The third kappa shape index (κ3) is 2.43. The van der Waals surface area contributed by atoms with E-state index in [1.54, 1.807) is 12.1 Å². The SMILES string of the molecule is COC(C(=O)O)c1ccc(-c2cccc3c2OCO3)cc1. The molecule has 0 saturated heterocycles. The van der Waals surface area contributed by atoms with Crippen molar-refractivity contribution in [3.05, 3.63) is 48.0 Å². The molecule has 0 bridgehead atoms. The molecule has 2 aromatic rings. The fourth-order valence-electron chi connectivity index (χ4n) is 2.37. The van der Waals surface area contributed by atoms with Gasteiger partial charge < -0.3 is 19.3 Å². The molecule has 1 aliphatic heterocycles. The van der Waals surface area contributed by atoms with Crippen molar-refractivity contribution < 1.29 is 24.1 Å². The van der Waals surface area contributed by atoms with E-state index < -0.39 is 12.1 Å². The van der Waals surface area contributed by atoms with Crippen LogP contribution in [0, 0.1) is 0 Å². The molecule has 108 valence electrons. The Labute approximate surface area is 121 Å². The van der Waals surface area contributed by atoms with Gasteiger partial charge >= 0.3 is 5.97 Å². The van der Waals surface area contributed by atoms with E-state index in [-0.39, 0.29) is 6.79 Å². The van der Waals surface area contributed by atoms with Crippen LogP contribution in [-0.2, 0) is 9.53 Å². The summed E-state index contributed by atoms with van der Waals surface area (Å²) >= 11 is 0. The zero-order chi connectivity index (χ0) is 14.8. The van der Waals surface area contributed by atoms with E-state index in [4.69, 9.17) is 19.3 Å². The van der Waals surface area contributed by atoms with Crippen LogP contribution in [0.1, 0.15) is 11.7 Å². The zero-order valence-electron chi connectivity index (χ0n) is 11.4. The molecule has 1 aliphatic rings. The van der Waals surface area contributed by atoms with Crippen molar-refractivity contribution in [1.82, 2.24) is 0 Å². The minimum atomic E-state index is -1.01. The maximum Gasteiger partial charge on any atom is 0.337 e. The molecule has 0 radical (unpaired) electrons. The molecular formula is C16H14O5. The van der Waals surface area contributed by atoms with Gasteiger partial charge in [-0.05, 0) is 17.2 Å². The van der Waals surface area contributed by atoms with Gasteiger partial charge in [-0.2, -0.15) is 0 Å². The van der Waals surface area contributed by atoms with Crippen LogP contribution in [0.4, 0.5) is 0 Å². The lowest BCUT2D eigenvalue weighted by Gasteiger charge is -2.12. The van der Waals surface area contributed by atoms with Gasteiger partial charge in [0.2, 0.25) is 6.79 Å². The summed E-state index contributed by atoms with van der Waals surface area (Å²) in [5, 5.41) is 9.08. The normalized spacial score (nSPS) is 14.0. The summed E-state index contributed by atoms with van der Waals surface area (Å²) in [4.78, 5) is 11.1. The second kappa shape index (κ2) is 5.46. The summed E-state index contributed by atoms with van der Waals surface area (Å²) in [5.74, 6) is 0.422. The number of para-hydroxylation sites is 1. The minimum Gasteiger partial charge on any atom is -0.479 e. The van der Waals surface area contributed by atoms with Gasteiger partial charge in [0, 0.05) is 12.7 Å². The molecule has 1 N–H and O–H groups in total. The Hall–Kier alpha value is -2.53. The summed E-state index contributed by atoms with van der Waals surface area (Å²) in [6, 6.07) is 12.9. The highest BCUT2D eigenvalue weighted by Gasteiger charge is 2.20. The van der Waals surface area contributed by atoms with Gasteiger partial charge in [0.15, 0.2) is 17.6 Å². The molecular weight excluding hydrogens is 272 g/mol. The standard InChI is InChI=1S/C16H14O5/c1-19-14(16(17)18)11-7-5-10(6-8-11)12-3-2-4-13-15(12)21-9-20-13/h2-8,14H,9H2,1H3,(H,17,18). The van der Waals surface area contributed by atoms with Gasteiger partial charge in [-0.15, -0.1) is 0 Å². The fourth-order valence-corrected chi connectivity index (χ4v) is 2.37. The highest BCUT2D eigenvalue weighted by molar-refractivity contribution is 5.77. The molecule has 5 heteroatoms. The average molecular weight is 286 g/mol. The Kier molecular flexibility index (Phi) is 3.50. The van der Waals surface area contributed by atoms with Gasteiger partial charge in [0.1, 0.15) is 0 Å². The first-order chi connectivity index (χ1) is 10.2. The molecule has 5 nitrogen and oxygen atoms in total. The van der Waals surface area contributed by atoms with E-state index in [1.165, 1.54) is 7.11 Å². The number of carboxylic acid groups (broad SMARTS) is 1. The monoisotopic (exact) mass is 286 g/mol. The number of carboxylic acids is 1. The Morgan fingerprint density at radius 2 is 1.95 bits per heavy atom. The van der Waals surface area contributed by atoms with Crippen LogP contribution < -0.4 is 9.47 Å². The maximum absolute atomic E-state index is 11.1. The molecule has 1 unspecified atom stereocenters. The van der Waals surface area contributed by atoms with Crippen LogP contribution >= 0.6 is 0 Å². The lowest BCUT2D eigenvalue weighted by molar-refractivity contribution is -0.148. The molecule has 1 atom stereocenters. The Morgan fingerprint density at radius 3 is 2.62 bits per heavy atom. The van der Waals surface area contributed by atoms with Crippen LogP contribution in [0.2, 0.25) is 0 Å². The highest BCUT2D eigenvalue weighted by atomic mass is 16.7. The van der Waals surface area contributed by atoms with Crippen molar-refractivity contribution in [2.45, 2.75) is 6.10 Å². The van der Waals surface area contributed by atoms with E-state index in [0.29, 0.717) is 11.3 Å². The van der Waals surface area contributed by atoms with Gasteiger partial charge in [-0.3, -0.25) is 0 Å². The number of aliphatic carboxylic acids is 1. The van der Waals surface area contributed by atoms with Crippen LogP contribution in [0.15, 0.2) is 42.5 Å². The number of carbonyl (C=O) groups is 1. The summed E-state index contributed by atoms with van der Waals surface area (Å²) in [7, 11) is 1.38. The molecule has 0 amide bonds. The van der Waals surface area contributed by atoms with Gasteiger partial charge in [-0.1, -0.05) is 36.4 Å². The Morgan fingerprint density at radius 1 is 1.19 bits per heavy atom. The van der Waals surface area contributed by atoms with Crippen molar-refractivity contribution in [3.8, 4) is 22.6 Å². The molecule has 0 fully saturated rings. The molecule has 21 heavy (non-hydrogen) atoms. The molecule has 0 spiro atoms. The lowest BCUT2D eigenvalue weighted by Crippen LogP contribution is -2.13. The number of ether oxygens (including phenoxy) is 3.